The van der Waals surface area contributed by atoms with Crippen molar-refractivity contribution >= 4 is 11.9 Å². The molecule has 0 aliphatic heterocycles. The predicted molar refractivity (Wildman–Crippen MR) is 65.1 cm³/mol. The largest absolute Gasteiger partial charge is 0.480 e. The summed E-state index contributed by atoms with van der Waals surface area (Å²) in [5, 5.41) is 11.6. The van der Waals surface area contributed by atoms with Crippen LogP contribution in [-0.4, -0.2) is 33.0 Å². The third-order valence-electron chi connectivity index (χ3n) is 2.92. The predicted octanol–water partition coefficient (Wildman–Crippen LogP) is 1.01. The van der Waals surface area contributed by atoms with Gasteiger partial charge < -0.3 is 10.4 Å². The first-order valence-electron chi connectivity index (χ1n) is 5.77. The number of carbonyl (C=O) groups excluding carboxylic acids is 1. The van der Waals surface area contributed by atoms with Crippen molar-refractivity contribution in [2.45, 2.75) is 33.2 Å². The Morgan fingerprint density at radius 2 is 2.17 bits per heavy atom. The van der Waals surface area contributed by atoms with Gasteiger partial charge in [-0.3, -0.25) is 4.79 Å². The van der Waals surface area contributed by atoms with Gasteiger partial charge in [-0.2, -0.15) is 0 Å². The Balaban J connectivity index is 2.86. The number of carboxylic acids is 1. The summed E-state index contributed by atoms with van der Waals surface area (Å²) in [5.41, 5.74) is 0.822. The molecule has 0 saturated heterocycles. The summed E-state index contributed by atoms with van der Waals surface area (Å²) in [6.07, 6.45) is 3.39. The second-order valence-electron chi connectivity index (χ2n) is 4.20. The van der Waals surface area contributed by atoms with E-state index in [1.165, 1.54) is 12.5 Å². The number of nitrogens with zero attached hydrogens (tertiary/aromatic N) is 2. The lowest BCUT2D eigenvalue weighted by molar-refractivity contribution is -0.140. The highest BCUT2D eigenvalue weighted by atomic mass is 16.4. The van der Waals surface area contributed by atoms with Gasteiger partial charge in [0.15, 0.2) is 0 Å². The van der Waals surface area contributed by atoms with Gasteiger partial charge in [0.05, 0.1) is 11.3 Å². The van der Waals surface area contributed by atoms with Crippen LogP contribution in [0.5, 0.6) is 0 Å². The molecule has 1 amide bonds. The number of carboxylic acid groups (broad SMARTS) is 1. The van der Waals surface area contributed by atoms with E-state index in [1.807, 2.05) is 6.92 Å². The molecule has 0 radical (unpaired) electrons. The Bertz CT molecular complexity index is 448. The fourth-order valence-electron chi connectivity index (χ4n) is 1.52. The Hall–Kier alpha value is -1.98. The summed E-state index contributed by atoms with van der Waals surface area (Å²) in [4.78, 5) is 30.7. The SMILES string of the molecule is CC[C@H](C)[C@H](NC(=O)c1cncnc1C)C(=O)O. The molecule has 6 heteroatoms. The minimum Gasteiger partial charge on any atom is -0.480 e. The first kappa shape index (κ1) is 14.1. The van der Waals surface area contributed by atoms with Gasteiger partial charge in [0.1, 0.15) is 12.4 Å². The normalized spacial score (nSPS) is 13.7. The van der Waals surface area contributed by atoms with Crippen LogP contribution in [-0.2, 0) is 4.79 Å². The Kier molecular flexibility index (Phi) is 4.76. The van der Waals surface area contributed by atoms with Crippen molar-refractivity contribution in [2.75, 3.05) is 0 Å². The second-order valence-corrected chi connectivity index (χ2v) is 4.20. The Morgan fingerprint density at radius 3 is 2.67 bits per heavy atom. The molecule has 1 aromatic rings. The van der Waals surface area contributed by atoms with Gasteiger partial charge in [0, 0.05) is 6.20 Å². The third-order valence-corrected chi connectivity index (χ3v) is 2.92. The first-order chi connectivity index (χ1) is 8.47. The molecule has 0 unspecified atom stereocenters. The van der Waals surface area contributed by atoms with Gasteiger partial charge in [-0.1, -0.05) is 20.3 Å². The van der Waals surface area contributed by atoms with E-state index in [-0.39, 0.29) is 5.92 Å². The molecule has 0 saturated carbocycles. The number of amides is 1. The molecule has 0 aliphatic rings. The molecule has 0 aromatic carbocycles. The quantitative estimate of drug-likeness (QED) is 0.815. The molecule has 1 heterocycles. The van der Waals surface area contributed by atoms with Gasteiger partial charge in [0.2, 0.25) is 0 Å². The molecule has 0 aliphatic carbocycles. The van der Waals surface area contributed by atoms with Crippen molar-refractivity contribution in [1.29, 1.82) is 0 Å². The highest BCUT2D eigenvalue weighted by Crippen LogP contribution is 2.10. The maximum atomic E-state index is 11.9. The molecule has 1 rings (SSSR count). The molecule has 98 valence electrons. The van der Waals surface area contributed by atoms with E-state index in [9.17, 15) is 9.59 Å². The summed E-state index contributed by atoms with van der Waals surface area (Å²) >= 11 is 0. The van der Waals surface area contributed by atoms with Gasteiger partial charge in [-0.15, -0.1) is 0 Å². The third kappa shape index (κ3) is 3.26. The second kappa shape index (κ2) is 6.09. The van der Waals surface area contributed by atoms with E-state index >= 15 is 0 Å². The van der Waals surface area contributed by atoms with Crippen molar-refractivity contribution in [1.82, 2.24) is 15.3 Å². The average molecular weight is 251 g/mol. The molecule has 18 heavy (non-hydrogen) atoms. The summed E-state index contributed by atoms with van der Waals surface area (Å²) in [6.45, 7) is 5.34. The lowest BCUT2D eigenvalue weighted by Crippen LogP contribution is -2.45. The number of hydrogen-bond acceptors (Lipinski definition) is 4. The van der Waals surface area contributed by atoms with Gasteiger partial charge in [-0.25, -0.2) is 14.8 Å². The van der Waals surface area contributed by atoms with E-state index in [4.69, 9.17) is 5.11 Å². The van der Waals surface area contributed by atoms with Crippen molar-refractivity contribution in [3.63, 3.8) is 0 Å². The fourth-order valence-corrected chi connectivity index (χ4v) is 1.52. The lowest BCUT2D eigenvalue weighted by atomic mass is 9.99. The average Bonchev–Trinajstić information content (AvgIpc) is 2.35. The van der Waals surface area contributed by atoms with Crippen molar-refractivity contribution in [3.8, 4) is 0 Å². The molecule has 0 fully saturated rings. The van der Waals surface area contributed by atoms with Crippen LogP contribution in [0, 0.1) is 12.8 Å². The molecule has 2 N–H and O–H groups in total. The number of carbonyl (C=O) groups is 2. The summed E-state index contributed by atoms with van der Waals surface area (Å²) in [5.74, 6) is -1.63. The van der Waals surface area contributed by atoms with Crippen molar-refractivity contribution < 1.29 is 14.7 Å². The minimum atomic E-state index is -1.03. The van der Waals surface area contributed by atoms with Crippen LogP contribution in [0.3, 0.4) is 0 Å². The van der Waals surface area contributed by atoms with Crippen molar-refractivity contribution in [3.05, 3.63) is 23.8 Å². The van der Waals surface area contributed by atoms with Crippen LogP contribution in [0.2, 0.25) is 0 Å². The Morgan fingerprint density at radius 1 is 1.50 bits per heavy atom. The standard InChI is InChI=1S/C12H17N3O3/c1-4-7(2)10(12(17)18)15-11(16)9-5-13-6-14-8(9)3/h5-7,10H,4H2,1-3H3,(H,15,16)(H,17,18)/t7-,10-/m0/s1. The molecule has 0 bridgehead atoms. The number of aryl methyl sites for hydroxylation is 1. The summed E-state index contributed by atoms with van der Waals surface area (Å²) in [7, 11) is 0. The molecule has 2 atom stereocenters. The van der Waals surface area contributed by atoms with Crippen LogP contribution >= 0.6 is 0 Å². The van der Waals surface area contributed by atoms with E-state index in [1.54, 1.807) is 13.8 Å². The smallest absolute Gasteiger partial charge is 0.326 e. The molecule has 0 spiro atoms. The van der Waals surface area contributed by atoms with Crippen LogP contribution in [0.25, 0.3) is 0 Å². The van der Waals surface area contributed by atoms with Crippen molar-refractivity contribution in [2.24, 2.45) is 5.92 Å². The van der Waals surface area contributed by atoms with Gasteiger partial charge >= 0.3 is 5.97 Å². The van der Waals surface area contributed by atoms with Gasteiger partial charge in [0.25, 0.3) is 5.91 Å². The number of rotatable bonds is 5. The topological polar surface area (TPSA) is 92.2 Å². The maximum Gasteiger partial charge on any atom is 0.326 e. The number of aliphatic carboxylic acids is 1. The highest BCUT2D eigenvalue weighted by Gasteiger charge is 2.26. The first-order valence-corrected chi connectivity index (χ1v) is 5.77. The van der Waals surface area contributed by atoms with Crippen LogP contribution < -0.4 is 5.32 Å². The van der Waals surface area contributed by atoms with E-state index < -0.39 is 17.9 Å². The van der Waals surface area contributed by atoms with Gasteiger partial charge in [-0.05, 0) is 12.8 Å². The van der Waals surface area contributed by atoms with E-state index in [0.29, 0.717) is 17.7 Å². The monoisotopic (exact) mass is 251 g/mol. The number of aromatic nitrogens is 2. The minimum absolute atomic E-state index is 0.142. The van der Waals surface area contributed by atoms with E-state index in [0.717, 1.165) is 0 Å². The summed E-state index contributed by atoms with van der Waals surface area (Å²) < 4.78 is 0. The van der Waals surface area contributed by atoms with Crippen LogP contribution in [0.1, 0.15) is 36.3 Å². The lowest BCUT2D eigenvalue weighted by Gasteiger charge is -2.20. The number of hydrogen-bond donors (Lipinski definition) is 2. The van der Waals surface area contributed by atoms with Crippen LogP contribution in [0.4, 0.5) is 0 Å². The number of nitrogens with one attached hydrogen (secondary N) is 1. The molecule has 6 nitrogen and oxygen atoms in total. The summed E-state index contributed by atoms with van der Waals surface area (Å²) in [6, 6.07) is -0.901. The Labute approximate surface area is 105 Å². The van der Waals surface area contributed by atoms with E-state index in [2.05, 4.69) is 15.3 Å². The zero-order valence-electron chi connectivity index (χ0n) is 10.7. The fraction of sp³-hybridized carbons (Fsp3) is 0.500. The zero-order valence-corrected chi connectivity index (χ0v) is 10.7. The highest BCUT2D eigenvalue weighted by molar-refractivity contribution is 5.97. The maximum absolute atomic E-state index is 11.9. The zero-order chi connectivity index (χ0) is 13.7. The molecule has 1 aromatic heterocycles. The van der Waals surface area contributed by atoms with Crippen LogP contribution in [0.15, 0.2) is 12.5 Å². The molecular weight excluding hydrogens is 234 g/mol. The molecular formula is C12H17N3O3.